The van der Waals surface area contributed by atoms with E-state index in [4.69, 9.17) is 15.9 Å². The van der Waals surface area contributed by atoms with Crippen molar-refractivity contribution in [1.82, 2.24) is 0 Å². The van der Waals surface area contributed by atoms with Crippen LogP contribution in [0.15, 0.2) is 0 Å². The Morgan fingerprint density at radius 2 is 1.57 bits per heavy atom. The number of primary amides is 1. The average Bonchev–Trinajstić information content (AvgIpc) is 2.04. The summed E-state index contributed by atoms with van der Waals surface area (Å²) in [7, 11) is 0. The lowest BCUT2D eigenvalue weighted by Gasteiger charge is -1.99. The van der Waals surface area contributed by atoms with Gasteiger partial charge in [0.05, 0.1) is 13.0 Å². The highest BCUT2D eigenvalue weighted by molar-refractivity contribution is 5.83. The van der Waals surface area contributed by atoms with Gasteiger partial charge in [-0.3, -0.25) is 14.4 Å². The van der Waals surface area contributed by atoms with Gasteiger partial charge in [0.25, 0.3) is 0 Å². The van der Waals surface area contributed by atoms with E-state index in [0.29, 0.717) is 0 Å². The number of aliphatic carboxylic acids is 2. The van der Waals surface area contributed by atoms with E-state index in [9.17, 15) is 14.4 Å². The predicted octanol–water partition coefficient (Wildman–Crippen LogP) is -2.70. The molecule has 8 N–H and O–H groups in total. The van der Waals surface area contributed by atoms with Crippen molar-refractivity contribution >= 4 is 17.8 Å². The SMILES string of the molecule is NC(=O)CC(N)C(=O)O.NCC(=O)O. The van der Waals surface area contributed by atoms with Gasteiger partial charge in [0.1, 0.15) is 6.04 Å². The number of carbonyl (C=O) groups is 3. The first-order valence-electron chi connectivity index (χ1n) is 3.49. The third-order valence-electron chi connectivity index (χ3n) is 0.913. The summed E-state index contributed by atoms with van der Waals surface area (Å²) in [5, 5.41) is 15.7. The second-order valence-electron chi connectivity index (χ2n) is 2.21. The van der Waals surface area contributed by atoms with Crippen molar-refractivity contribution < 1.29 is 24.6 Å². The van der Waals surface area contributed by atoms with Crippen molar-refractivity contribution in [2.24, 2.45) is 17.2 Å². The van der Waals surface area contributed by atoms with Gasteiger partial charge in [0.15, 0.2) is 0 Å². The molecule has 14 heavy (non-hydrogen) atoms. The number of amides is 1. The Kier molecular flexibility index (Phi) is 8.43. The van der Waals surface area contributed by atoms with Crippen LogP contribution in [0.25, 0.3) is 0 Å². The summed E-state index contributed by atoms with van der Waals surface area (Å²) in [6.45, 7) is -0.278. The summed E-state index contributed by atoms with van der Waals surface area (Å²) >= 11 is 0. The molecule has 0 bridgehead atoms. The highest BCUT2D eigenvalue weighted by atomic mass is 16.4. The topological polar surface area (TPSA) is 170 Å². The van der Waals surface area contributed by atoms with E-state index >= 15 is 0 Å². The van der Waals surface area contributed by atoms with Crippen molar-refractivity contribution in [3.63, 3.8) is 0 Å². The molecule has 0 fully saturated rings. The summed E-state index contributed by atoms with van der Waals surface area (Å²) in [6.07, 6.45) is -0.310. The van der Waals surface area contributed by atoms with E-state index < -0.39 is 23.9 Å². The second kappa shape index (κ2) is 7.95. The molecule has 8 heteroatoms. The minimum atomic E-state index is -1.21. The molecule has 1 atom stereocenters. The third kappa shape index (κ3) is 13.0. The minimum absolute atomic E-state index is 0.278. The maximum Gasteiger partial charge on any atom is 0.321 e. The minimum Gasteiger partial charge on any atom is -0.480 e. The molecule has 0 aliphatic rings. The van der Waals surface area contributed by atoms with E-state index in [2.05, 4.69) is 11.5 Å². The summed E-state index contributed by atoms with van der Waals surface area (Å²) in [4.78, 5) is 29.1. The molecule has 0 spiro atoms. The fourth-order valence-corrected chi connectivity index (χ4v) is 0.304. The summed E-state index contributed by atoms with van der Waals surface area (Å²) in [5.41, 5.74) is 14.1. The molecule has 0 aliphatic carbocycles. The highest BCUT2D eigenvalue weighted by Gasteiger charge is 2.13. The molecule has 0 aliphatic heterocycles. The number of rotatable bonds is 4. The Balaban J connectivity index is 0. The molecule has 0 aromatic heterocycles. The molecule has 0 aromatic carbocycles. The zero-order valence-electron chi connectivity index (χ0n) is 7.34. The lowest BCUT2D eigenvalue weighted by atomic mass is 10.2. The lowest BCUT2D eigenvalue weighted by molar-refractivity contribution is -0.140. The van der Waals surface area contributed by atoms with E-state index in [1.165, 1.54) is 0 Å². The first-order chi connectivity index (χ1) is 6.31. The van der Waals surface area contributed by atoms with Crippen LogP contribution in [0.4, 0.5) is 0 Å². The van der Waals surface area contributed by atoms with Crippen LogP contribution in [0.3, 0.4) is 0 Å². The van der Waals surface area contributed by atoms with E-state index in [1.54, 1.807) is 0 Å². The fourth-order valence-electron chi connectivity index (χ4n) is 0.304. The van der Waals surface area contributed by atoms with Gasteiger partial charge < -0.3 is 27.4 Å². The maximum absolute atomic E-state index is 9.99. The second-order valence-corrected chi connectivity index (χ2v) is 2.21. The molecule has 8 nitrogen and oxygen atoms in total. The maximum atomic E-state index is 9.99. The molecule has 0 rings (SSSR count). The van der Waals surface area contributed by atoms with Crippen LogP contribution in [-0.2, 0) is 14.4 Å². The van der Waals surface area contributed by atoms with Crippen LogP contribution in [-0.4, -0.2) is 40.6 Å². The predicted molar refractivity (Wildman–Crippen MR) is 46.1 cm³/mol. The first kappa shape index (κ1) is 14.8. The monoisotopic (exact) mass is 207 g/mol. The standard InChI is InChI=1S/C4H8N2O3.C2H5NO2/c5-2(4(8)9)1-3(6)7;3-1-2(4)5/h2H,1,5H2,(H2,6,7)(H,8,9);1,3H2,(H,4,5). The van der Waals surface area contributed by atoms with Gasteiger partial charge in [-0.25, -0.2) is 0 Å². The number of carboxylic acid groups (broad SMARTS) is 2. The molecular formula is C6H13N3O5. The molecule has 0 saturated carbocycles. The fraction of sp³-hybridized carbons (Fsp3) is 0.500. The summed E-state index contributed by atoms with van der Waals surface area (Å²) in [5.74, 6) is -2.89. The van der Waals surface area contributed by atoms with Crippen LogP contribution in [0.5, 0.6) is 0 Å². The quantitative estimate of drug-likeness (QED) is 0.334. The van der Waals surface area contributed by atoms with Crippen molar-refractivity contribution in [3.8, 4) is 0 Å². The molecule has 82 valence electrons. The molecule has 0 heterocycles. The zero-order valence-corrected chi connectivity index (χ0v) is 7.34. The molecule has 1 amide bonds. The highest BCUT2D eigenvalue weighted by Crippen LogP contribution is 1.84. The third-order valence-corrected chi connectivity index (χ3v) is 0.913. The Labute approximate surface area is 79.7 Å². The van der Waals surface area contributed by atoms with Gasteiger partial charge in [-0.1, -0.05) is 0 Å². The van der Waals surface area contributed by atoms with Crippen LogP contribution >= 0.6 is 0 Å². The zero-order chi connectivity index (χ0) is 11.7. The molecule has 0 aromatic rings. The molecular weight excluding hydrogens is 194 g/mol. The number of hydrogen-bond acceptors (Lipinski definition) is 5. The molecule has 0 saturated heterocycles. The van der Waals surface area contributed by atoms with Crippen LogP contribution in [0.2, 0.25) is 0 Å². The summed E-state index contributed by atoms with van der Waals surface area (Å²) < 4.78 is 0. The van der Waals surface area contributed by atoms with Gasteiger partial charge in [-0.15, -0.1) is 0 Å². The van der Waals surface area contributed by atoms with Crippen LogP contribution < -0.4 is 17.2 Å². The number of nitrogens with two attached hydrogens (primary N) is 3. The Bertz CT molecular complexity index is 218. The Morgan fingerprint density at radius 3 is 1.64 bits per heavy atom. The average molecular weight is 207 g/mol. The van der Waals surface area contributed by atoms with Gasteiger partial charge in [0.2, 0.25) is 5.91 Å². The van der Waals surface area contributed by atoms with Crippen molar-refractivity contribution in [3.05, 3.63) is 0 Å². The van der Waals surface area contributed by atoms with Crippen LogP contribution in [0.1, 0.15) is 6.42 Å². The largest absolute Gasteiger partial charge is 0.480 e. The Morgan fingerprint density at radius 1 is 1.21 bits per heavy atom. The van der Waals surface area contributed by atoms with Gasteiger partial charge in [-0.05, 0) is 0 Å². The van der Waals surface area contributed by atoms with Gasteiger partial charge in [0, 0.05) is 0 Å². The van der Waals surface area contributed by atoms with Crippen molar-refractivity contribution in [2.75, 3.05) is 6.54 Å². The number of hydrogen-bond donors (Lipinski definition) is 5. The van der Waals surface area contributed by atoms with Crippen LogP contribution in [0, 0.1) is 0 Å². The first-order valence-corrected chi connectivity index (χ1v) is 3.49. The Hall–Kier alpha value is -1.67. The van der Waals surface area contributed by atoms with Crippen molar-refractivity contribution in [1.29, 1.82) is 0 Å². The summed E-state index contributed by atoms with van der Waals surface area (Å²) in [6, 6.07) is -1.16. The van der Waals surface area contributed by atoms with E-state index in [-0.39, 0.29) is 13.0 Å². The van der Waals surface area contributed by atoms with E-state index in [0.717, 1.165) is 0 Å². The smallest absolute Gasteiger partial charge is 0.321 e. The normalized spacial score (nSPS) is 10.7. The van der Waals surface area contributed by atoms with E-state index in [1.807, 2.05) is 0 Å². The van der Waals surface area contributed by atoms with Gasteiger partial charge >= 0.3 is 11.9 Å². The van der Waals surface area contributed by atoms with Gasteiger partial charge in [-0.2, -0.15) is 0 Å². The number of carboxylic acids is 2. The van der Waals surface area contributed by atoms with Crippen molar-refractivity contribution in [2.45, 2.75) is 12.5 Å². The molecule has 0 radical (unpaired) electrons. The lowest BCUT2D eigenvalue weighted by Crippen LogP contribution is -2.34. The molecule has 1 unspecified atom stereocenters. The number of carbonyl (C=O) groups excluding carboxylic acids is 1.